The minimum atomic E-state index is 0.0585. The molecule has 1 aromatic rings. The van der Waals surface area contributed by atoms with Crippen LogP contribution in [-0.4, -0.2) is 36.1 Å². The number of aryl methyl sites for hydroxylation is 1. The fraction of sp³-hybridized carbons (Fsp3) is 0.714. The monoisotopic (exact) mass is 265 g/mol. The predicted octanol–water partition coefficient (Wildman–Crippen LogP) is 2.03. The second-order valence-electron chi connectivity index (χ2n) is 6.09. The molecule has 0 saturated carbocycles. The molecule has 5 nitrogen and oxygen atoms in total. The standard InChI is InChI=1S/C14H27N5/c1-10(2)19(6)13-7-12(17-11(3)18-13)16-9-14(4,5)8-15/h7,10H,8-9,15H2,1-6H3,(H,16,17,18). The Hall–Kier alpha value is -1.36. The summed E-state index contributed by atoms with van der Waals surface area (Å²) in [5.74, 6) is 2.57. The van der Waals surface area contributed by atoms with Crippen LogP contribution < -0.4 is 16.0 Å². The van der Waals surface area contributed by atoms with Gasteiger partial charge in [0.15, 0.2) is 0 Å². The van der Waals surface area contributed by atoms with Crippen molar-refractivity contribution >= 4 is 11.6 Å². The number of nitrogens with two attached hydrogens (primary N) is 1. The average molecular weight is 265 g/mol. The fourth-order valence-electron chi connectivity index (χ4n) is 1.49. The minimum Gasteiger partial charge on any atom is -0.369 e. The summed E-state index contributed by atoms with van der Waals surface area (Å²) < 4.78 is 0. The number of nitrogens with zero attached hydrogens (tertiary/aromatic N) is 3. The van der Waals surface area contributed by atoms with Crippen molar-refractivity contribution in [2.45, 2.75) is 40.7 Å². The lowest BCUT2D eigenvalue weighted by Gasteiger charge is -2.25. The lowest BCUT2D eigenvalue weighted by atomic mass is 9.94. The van der Waals surface area contributed by atoms with E-state index in [1.165, 1.54) is 0 Å². The second-order valence-corrected chi connectivity index (χ2v) is 6.09. The molecule has 108 valence electrons. The smallest absolute Gasteiger partial charge is 0.134 e. The summed E-state index contributed by atoms with van der Waals surface area (Å²) in [6, 6.07) is 2.39. The van der Waals surface area contributed by atoms with Gasteiger partial charge in [0, 0.05) is 25.7 Å². The van der Waals surface area contributed by atoms with Gasteiger partial charge in [-0.25, -0.2) is 9.97 Å². The second kappa shape index (κ2) is 6.19. The maximum atomic E-state index is 5.74. The highest BCUT2D eigenvalue weighted by atomic mass is 15.2. The van der Waals surface area contributed by atoms with Gasteiger partial charge in [0.2, 0.25) is 0 Å². The van der Waals surface area contributed by atoms with Crippen molar-refractivity contribution < 1.29 is 0 Å². The molecule has 1 heterocycles. The van der Waals surface area contributed by atoms with Crippen LogP contribution in [0.3, 0.4) is 0 Å². The molecule has 0 aromatic carbocycles. The zero-order chi connectivity index (χ0) is 14.6. The molecule has 19 heavy (non-hydrogen) atoms. The lowest BCUT2D eigenvalue weighted by Crippen LogP contribution is -2.32. The van der Waals surface area contributed by atoms with E-state index in [9.17, 15) is 0 Å². The number of hydrogen-bond donors (Lipinski definition) is 2. The van der Waals surface area contributed by atoms with Gasteiger partial charge in [0.25, 0.3) is 0 Å². The highest BCUT2D eigenvalue weighted by Crippen LogP contribution is 2.19. The third kappa shape index (κ3) is 4.67. The number of aromatic nitrogens is 2. The fourth-order valence-corrected chi connectivity index (χ4v) is 1.49. The first-order chi connectivity index (χ1) is 8.75. The summed E-state index contributed by atoms with van der Waals surface area (Å²) in [6.45, 7) is 11.9. The number of hydrogen-bond acceptors (Lipinski definition) is 5. The van der Waals surface area contributed by atoms with Crippen molar-refractivity contribution in [1.82, 2.24) is 9.97 Å². The molecular weight excluding hydrogens is 238 g/mol. The molecule has 1 rings (SSSR count). The van der Waals surface area contributed by atoms with Crippen molar-refractivity contribution in [3.63, 3.8) is 0 Å². The summed E-state index contributed by atoms with van der Waals surface area (Å²) in [7, 11) is 2.04. The Morgan fingerprint density at radius 1 is 1.37 bits per heavy atom. The molecular formula is C14H27N5. The summed E-state index contributed by atoms with van der Waals surface area (Å²) >= 11 is 0. The first-order valence-corrected chi connectivity index (χ1v) is 6.77. The normalized spacial score (nSPS) is 11.8. The van der Waals surface area contributed by atoms with Crippen LogP contribution in [0.15, 0.2) is 6.07 Å². The van der Waals surface area contributed by atoms with Gasteiger partial charge in [-0.3, -0.25) is 0 Å². The maximum absolute atomic E-state index is 5.74. The molecule has 0 aliphatic carbocycles. The summed E-state index contributed by atoms with van der Waals surface area (Å²) in [6.07, 6.45) is 0. The largest absolute Gasteiger partial charge is 0.369 e. The van der Waals surface area contributed by atoms with Gasteiger partial charge in [0.1, 0.15) is 17.5 Å². The van der Waals surface area contributed by atoms with Gasteiger partial charge in [-0.2, -0.15) is 0 Å². The lowest BCUT2D eigenvalue weighted by molar-refractivity contribution is 0.405. The molecule has 5 heteroatoms. The Morgan fingerprint density at radius 2 is 2.00 bits per heavy atom. The third-order valence-electron chi connectivity index (χ3n) is 3.26. The van der Waals surface area contributed by atoms with Crippen LogP contribution in [0.2, 0.25) is 0 Å². The summed E-state index contributed by atoms with van der Waals surface area (Å²) in [4.78, 5) is 11.0. The van der Waals surface area contributed by atoms with Gasteiger partial charge >= 0.3 is 0 Å². The van der Waals surface area contributed by atoms with Gasteiger partial charge in [-0.05, 0) is 32.7 Å². The highest BCUT2D eigenvalue weighted by Gasteiger charge is 2.16. The Kier molecular flexibility index (Phi) is 5.11. The molecule has 0 unspecified atom stereocenters. The van der Waals surface area contributed by atoms with Gasteiger partial charge in [-0.15, -0.1) is 0 Å². The van der Waals surface area contributed by atoms with Gasteiger partial charge < -0.3 is 16.0 Å². The molecule has 3 N–H and O–H groups in total. The first-order valence-electron chi connectivity index (χ1n) is 6.77. The molecule has 0 spiro atoms. The number of anilines is 2. The van der Waals surface area contributed by atoms with E-state index in [-0.39, 0.29) is 5.41 Å². The van der Waals surface area contributed by atoms with Crippen LogP contribution >= 0.6 is 0 Å². The highest BCUT2D eigenvalue weighted by molar-refractivity contribution is 5.49. The van der Waals surface area contributed by atoms with E-state index >= 15 is 0 Å². The SMILES string of the molecule is Cc1nc(NCC(C)(C)CN)cc(N(C)C(C)C)n1. The van der Waals surface area contributed by atoms with Gasteiger partial charge in [0.05, 0.1) is 0 Å². The van der Waals surface area contributed by atoms with Crippen LogP contribution in [0.25, 0.3) is 0 Å². The van der Waals surface area contributed by atoms with Gasteiger partial charge in [-0.1, -0.05) is 13.8 Å². The average Bonchev–Trinajstić information content (AvgIpc) is 2.35. The molecule has 0 radical (unpaired) electrons. The van der Waals surface area contributed by atoms with Crippen LogP contribution in [0.4, 0.5) is 11.6 Å². The zero-order valence-electron chi connectivity index (χ0n) is 13.0. The summed E-state index contributed by atoms with van der Waals surface area (Å²) in [5.41, 5.74) is 5.80. The first kappa shape index (κ1) is 15.7. The molecule has 0 bridgehead atoms. The Bertz CT molecular complexity index is 414. The van der Waals surface area contributed by atoms with Crippen LogP contribution in [-0.2, 0) is 0 Å². The van der Waals surface area contributed by atoms with E-state index in [2.05, 4.69) is 47.9 Å². The molecule has 0 amide bonds. The van der Waals surface area contributed by atoms with E-state index in [4.69, 9.17) is 5.73 Å². The van der Waals surface area contributed by atoms with Crippen LogP contribution in [0.5, 0.6) is 0 Å². The van der Waals surface area contributed by atoms with Crippen molar-refractivity contribution in [3.05, 3.63) is 11.9 Å². The molecule has 0 aliphatic rings. The Morgan fingerprint density at radius 3 is 2.53 bits per heavy atom. The zero-order valence-corrected chi connectivity index (χ0v) is 13.0. The maximum Gasteiger partial charge on any atom is 0.134 e. The van der Waals surface area contributed by atoms with Crippen molar-refractivity contribution in [2.24, 2.45) is 11.1 Å². The third-order valence-corrected chi connectivity index (χ3v) is 3.26. The van der Waals surface area contributed by atoms with E-state index in [0.717, 1.165) is 24.0 Å². The van der Waals surface area contributed by atoms with E-state index in [1.807, 2.05) is 20.0 Å². The molecule has 0 atom stereocenters. The Labute approximate surface area is 116 Å². The number of nitrogens with one attached hydrogen (secondary N) is 1. The Balaban J connectivity index is 2.85. The van der Waals surface area contributed by atoms with Crippen molar-refractivity contribution in [1.29, 1.82) is 0 Å². The quantitative estimate of drug-likeness (QED) is 0.824. The predicted molar refractivity (Wildman–Crippen MR) is 81.6 cm³/mol. The molecule has 0 fully saturated rings. The van der Waals surface area contributed by atoms with E-state index < -0.39 is 0 Å². The molecule has 0 saturated heterocycles. The minimum absolute atomic E-state index is 0.0585. The van der Waals surface area contributed by atoms with E-state index in [0.29, 0.717) is 12.6 Å². The summed E-state index contributed by atoms with van der Waals surface area (Å²) in [5, 5.41) is 3.35. The van der Waals surface area contributed by atoms with Crippen LogP contribution in [0, 0.1) is 12.3 Å². The van der Waals surface area contributed by atoms with Crippen LogP contribution in [0.1, 0.15) is 33.5 Å². The van der Waals surface area contributed by atoms with E-state index in [1.54, 1.807) is 0 Å². The molecule has 1 aromatic heterocycles. The van der Waals surface area contributed by atoms with Crippen molar-refractivity contribution in [2.75, 3.05) is 30.4 Å². The molecule has 0 aliphatic heterocycles. The topological polar surface area (TPSA) is 67.1 Å². The number of rotatable bonds is 6. The van der Waals surface area contributed by atoms with Crippen molar-refractivity contribution in [3.8, 4) is 0 Å².